The number of halogens is 2. The molecule has 0 saturated carbocycles. The van der Waals surface area contributed by atoms with Crippen LogP contribution in [0.1, 0.15) is 10.5 Å². The fraction of sp³-hybridized carbons (Fsp3) is 0. The number of nitrogens with zero attached hydrogens (tertiary/aromatic N) is 2. The van der Waals surface area contributed by atoms with Gasteiger partial charge < -0.3 is 0 Å². The lowest BCUT2D eigenvalue weighted by molar-refractivity contribution is 0.102. The summed E-state index contributed by atoms with van der Waals surface area (Å²) in [5.74, 6) is -0.434. The monoisotopic (exact) mass is 323 g/mol. The van der Waals surface area contributed by atoms with E-state index in [9.17, 15) is 4.79 Å². The summed E-state index contributed by atoms with van der Waals surface area (Å²) in [5.41, 5.74) is 0.913. The third kappa shape index (κ3) is 2.60. The summed E-state index contributed by atoms with van der Waals surface area (Å²) in [6, 6.07) is 10.7. The van der Waals surface area contributed by atoms with Crippen molar-refractivity contribution in [3.05, 3.63) is 52.3 Å². The number of amides is 1. The van der Waals surface area contributed by atoms with Gasteiger partial charge >= 0.3 is 0 Å². The topological polar surface area (TPSA) is 54.9 Å². The Morgan fingerprint density at radius 1 is 1.10 bits per heavy atom. The van der Waals surface area contributed by atoms with Gasteiger partial charge in [-0.05, 0) is 24.3 Å². The quantitative estimate of drug-likeness (QED) is 0.717. The van der Waals surface area contributed by atoms with Gasteiger partial charge in [-0.2, -0.15) is 0 Å². The smallest absolute Gasteiger partial charge is 0.277 e. The molecule has 3 aromatic rings. The second-order valence-corrected chi connectivity index (χ2v) is 5.73. The van der Waals surface area contributed by atoms with Crippen LogP contribution in [-0.2, 0) is 0 Å². The molecule has 4 nitrogen and oxygen atoms in total. The minimum absolute atomic E-state index is 0.0819. The van der Waals surface area contributed by atoms with Crippen LogP contribution in [0.25, 0.3) is 10.2 Å². The summed E-state index contributed by atoms with van der Waals surface area (Å²) in [4.78, 5) is 20.3. The Kier molecular flexibility index (Phi) is 3.56. The Morgan fingerprint density at radius 2 is 1.90 bits per heavy atom. The number of benzene rings is 1. The zero-order chi connectivity index (χ0) is 14.1. The summed E-state index contributed by atoms with van der Waals surface area (Å²) < 4.78 is 0.993. The predicted octanol–water partition coefficient (Wildman–Crippen LogP) is 4.25. The van der Waals surface area contributed by atoms with Crippen molar-refractivity contribution in [1.82, 2.24) is 9.97 Å². The fourth-order valence-electron chi connectivity index (χ4n) is 1.66. The molecule has 0 fully saturated rings. The molecule has 0 saturated heterocycles. The van der Waals surface area contributed by atoms with E-state index in [0.717, 1.165) is 10.2 Å². The Hall–Kier alpha value is -1.69. The lowest BCUT2D eigenvalue weighted by Crippen LogP contribution is -2.14. The number of thiazole rings is 1. The Bertz CT molecular complexity index is 770. The second-order valence-electron chi connectivity index (χ2n) is 3.91. The maximum atomic E-state index is 12.1. The molecule has 100 valence electrons. The van der Waals surface area contributed by atoms with E-state index in [1.807, 2.05) is 24.3 Å². The number of hydrogen-bond acceptors (Lipinski definition) is 4. The predicted molar refractivity (Wildman–Crippen MR) is 81.8 cm³/mol. The molecule has 0 aliphatic rings. The highest BCUT2D eigenvalue weighted by Gasteiger charge is 2.15. The fourth-order valence-corrected chi connectivity index (χ4v) is 2.86. The molecule has 0 unspecified atom stereocenters. The van der Waals surface area contributed by atoms with E-state index < -0.39 is 5.91 Å². The van der Waals surface area contributed by atoms with Crippen molar-refractivity contribution < 1.29 is 4.79 Å². The van der Waals surface area contributed by atoms with Crippen LogP contribution < -0.4 is 5.32 Å². The highest BCUT2D eigenvalue weighted by molar-refractivity contribution is 7.22. The molecule has 0 spiro atoms. The molecule has 2 heterocycles. The first-order valence-corrected chi connectivity index (χ1v) is 7.20. The molecule has 1 amide bonds. The van der Waals surface area contributed by atoms with Crippen molar-refractivity contribution in [2.75, 3.05) is 5.32 Å². The Morgan fingerprint density at radius 3 is 2.70 bits per heavy atom. The summed E-state index contributed by atoms with van der Waals surface area (Å²) in [6.07, 6.45) is 0. The van der Waals surface area contributed by atoms with Crippen LogP contribution in [0.3, 0.4) is 0 Å². The number of fused-ring (bicyclic) bond motifs is 1. The summed E-state index contributed by atoms with van der Waals surface area (Å²) in [7, 11) is 0. The van der Waals surface area contributed by atoms with E-state index in [-0.39, 0.29) is 15.9 Å². The van der Waals surface area contributed by atoms with Crippen molar-refractivity contribution >= 4 is 55.8 Å². The van der Waals surface area contributed by atoms with Gasteiger partial charge in [-0.1, -0.05) is 46.7 Å². The molecular weight excluding hydrogens is 317 g/mol. The highest BCUT2D eigenvalue weighted by atomic mass is 35.5. The first kappa shape index (κ1) is 13.3. The number of anilines is 1. The number of nitrogens with one attached hydrogen (secondary N) is 1. The molecule has 20 heavy (non-hydrogen) atoms. The molecule has 3 rings (SSSR count). The van der Waals surface area contributed by atoms with Crippen LogP contribution in [0.5, 0.6) is 0 Å². The summed E-state index contributed by atoms with van der Waals surface area (Å²) >= 11 is 13.1. The van der Waals surface area contributed by atoms with Gasteiger partial charge in [-0.15, -0.1) is 0 Å². The number of aromatic nitrogens is 2. The van der Waals surface area contributed by atoms with Gasteiger partial charge in [0.25, 0.3) is 5.91 Å². The number of carbonyl (C=O) groups is 1. The van der Waals surface area contributed by atoms with E-state index in [4.69, 9.17) is 23.2 Å². The number of pyridine rings is 1. The van der Waals surface area contributed by atoms with Crippen LogP contribution in [0, 0.1) is 0 Å². The van der Waals surface area contributed by atoms with Crippen LogP contribution >= 0.6 is 34.5 Å². The van der Waals surface area contributed by atoms with Crippen molar-refractivity contribution in [3.8, 4) is 0 Å². The van der Waals surface area contributed by atoms with Gasteiger partial charge in [-0.25, -0.2) is 9.97 Å². The molecule has 1 N–H and O–H groups in total. The van der Waals surface area contributed by atoms with Crippen molar-refractivity contribution in [2.45, 2.75) is 0 Å². The van der Waals surface area contributed by atoms with Gasteiger partial charge in [0.1, 0.15) is 10.8 Å². The van der Waals surface area contributed by atoms with Gasteiger partial charge in [0.2, 0.25) is 0 Å². The lowest BCUT2D eigenvalue weighted by Gasteiger charge is -2.03. The Labute approximate surface area is 128 Å². The van der Waals surface area contributed by atoms with E-state index in [1.54, 1.807) is 0 Å². The average Bonchev–Trinajstić information content (AvgIpc) is 2.83. The summed E-state index contributed by atoms with van der Waals surface area (Å²) in [5, 5.41) is 3.63. The number of rotatable bonds is 2. The van der Waals surface area contributed by atoms with Crippen LogP contribution in [0.4, 0.5) is 5.13 Å². The van der Waals surface area contributed by atoms with Gasteiger partial charge in [0, 0.05) is 0 Å². The minimum Gasteiger partial charge on any atom is -0.296 e. The number of hydrogen-bond donors (Lipinski definition) is 1. The van der Waals surface area contributed by atoms with Crippen LogP contribution in [-0.4, -0.2) is 15.9 Å². The first-order valence-electron chi connectivity index (χ1n) is 5.62. The zero-order valence-corrected chi connectivity index (χ0v) is 12.3. The standard InChI is InChI=1S/C13H7Cl2N3OS/c14-7-5-6-10(15)17-11(7)12(19)18-13-16-8-3-1-2-4-9(8)20-13/h1-6H,(H,16,18,19). The van der Waals surface area contributed by atoms with Crippen LogP contribution in [0.2, 0.25) is 10.2 Å². The zero-order valence-electron chi connectivity index (χ0n) is 9.93. The highest BCUT2D eigenvalue weighted by Crippen LogP contribution is 2.26. The molecule has 0 atom stereocenters. The maximum Gasteiger partial charge on any atom is 0.277 e. The van der Waals surface area contributed by atoms with Crippen molar-refractivity contribution in [3.63, 3.8) is 0 Å². The van der Waals surface area contributed by atoms with Gasteiger partial charge in [0.05, 0.1) is 15.2 Å². The average molecular weight is 324 g/mol. The third-order valence-electron chi connectivity index (χ3n) is 2.54. The first-order chi connectivity index (χ1) is 9.63. The lowest BCUT2D eigenvalue weighted by atomic mass is 10.3. The van der Waals surface area contributed by atoms with Crippen LogP contribution in [0.15, 0.2) is 36.4 Å². The second kappa shape index (κ2) is 5.36. The molecule has 0 aliphatic heterocycles. The normalized spacial score (nSPS) is 10.7. The molecule has 2 aromatic heterocycles. The molecule has 0 bridgehead atoms. The van der Waals surface area contributed by atoms with E-state index in [0.29, 0.717) is 5.13 Å². The van der Waals surface area contributed by atoms with Gasteiger partial charge in [0.15, 0.2) is 5.13 Å². The molecular formula is C13H7Cl2N3OS. The Balaban J connectivity index is 1.90. The van der Waals surface area contributed by atoms with E-state index >= 15 is 0 Å². The molecule has 0 radical (unpaired) electrons. The van der Waals surface area contributed by atoms with Gasteiger partial charge in [-0.3, -0.25) is 10.1 Å². The molecule has 0 aliphatic carbocycles. The van der Waals surface area contributed by atoms with E-state index in [1.165, 1.54) is 23.5 Å². The van der Waals surface area contributed by atoms with E-state index in [2.05, 4.69) is 15.3 Å². The summed E-state index contributed by atoms with van der Waals surface area (Å²) in [6.45, 7) is 0. The SMILES string of the molecule is O=C(Nc1nc2ccccc2s1)c1nc(Cl)ccc1Cl. The number of para-hydroxylation sites is 1. The maximum absolute atomic E-state index is 12.1. The molecule has 1 aromatic carbocycles. The third-order valence-corrected chi connectivity index (χ3v) is 4.01. The largest absolute Gasteiger partial charge is 0.296 e. The number of carbonyl (C=O) groups excluding carboxylic acids is 1. The minimum atomic E-state index is -0.434. The van der Waals surface area contributed by atoms with Crippen molar-refractivity contribution in [2.24, 2.45) is 0 Å². The van der Waals surface area contributed by atoms with Crippen molar-refractivity contribution in [1.29, 1.82) is 0 Å². The molecule has 7 heteroatoms.